The fraction of sp³-hybridized carbons (Fsp3) is 0.778. The molecule has 7 heteroatoms. The van der Waals surface area contributed by atoms with E-state index in [1.54, 1.807) is 0 Å². The number of aryl methyl sites for hydroxylation is 1. The van der Waals surface area contributed by atoms with Gasteiger partial charge in [0.1, 0.15) is 17.8 Å². The molecule has 0 aliphatic heterocycles. The van der Waals surface area contributed by atoms with Crippen LogP contribution in [0.5, 0.6) is 0 Å². The molecule has 0 radical (unpaired) electrons. The summed E-state index contributed by atoms with van der Waals surface area (Å²) in [6.45, 7) is 4.78. The molecule has 0 unspecified atom stereocenters. The lowest BCUT2D eigenvalue weighted by Crippen LogP contribution is -2.28. The Hall–Kier alpha value is -1.76. The van der Waals surface area contributed by atoms with Gasteiger partial charge in [0.15, 0.2) is 0 Å². The topological polar surface area (TPSA) is 89.4 Å². The van der Waals surface area contributed by atoms with Crippen molar-refractivity contribution >= 4 is 0 Å². The van der Waals surface area contributed by atoms with Crippen LogP contribution in [0.1, 0.15) is 76.3 Å². The minimum Gasteiger partial charge on any atom is -0.595 e. The fourth-order valence-electron chi connectivity index (χ4n) is 3.33. The average molecular weight is 349 g/mol. The smallest absolute Gasteiger partial charge is 0.202 e. The van der Waals surface area contributed by atoms with Gasteiger partial charge in [-0.2, -0.15) is 0 Å². The minimum atomic E-state index is -0.757. The molecule has 7 nitrogen and oxygen atoms in total. The van der Waals surface area contributed by atoms with Crippen LogP contribution in [0.4, 0.5) is 0 Å². The monoisotopic (exact) mass is 349 g/mol. The summed E-state index contributed by atoms with van der Waals surface area (Å²) in [7, 11) is 0. The molecule has 0 amide bonds. The summed E-state index contributed by atoms with van der Waals surface area (Å²) in [5.41, 5.74) is -0.0183. The van der Waals surface area contributed by atoms with E-state index in [4.69, 9.17) is 0 Å². The molecule has 1 aromatic rings. The first-order valence-corrected chi connectivity index (χ1v) is 9.53. The van der Waals surface area contributed by atoms with Gasteiger partial charge < -0.3 is 10.3 Å². The number of rotatable bonds is 11. The normalized spacial score (nSPS) is 17.6. The minimum absolute atomic E-state index is 0.524. The van der Waals surface area contributed by atoms with Crippen LogP contribution >= 0.6 is 0 Å². The highest BCUT2D eigenvalue weighted by molar-refractivity contribution is 5.07. The summed E-state index contributed by atoms with van der Waals surface area (Å²) < 4.78 is 1.86. The highest BCUT2D eigenvalue weighted by Gasteiger charge is 2.33. The summed E-state index contributed by atoms with van der Waals surface area (Å²) in [5.74, 6) is 0. The van der Waals surface area contributed by atoms with Crippen molar-refractivity contribution < 1.29 is 9.97 Å². The van der Waals surface area contributed by atoms with Crippen molar-refractivity contribution in [2.24, 2.45) is 5.11 Å². The second kappa shape index (κ2) is 10.3. The molecule has 140 valence electrons. The molecule has 1 N–H and O–H groups in total. The van der Waals surface area contributed by atoms with Gasteiger partial charge >= 0.3 is 0 Å². The van der Waals surface area contributed by atoms with Crippen LogP contribution in [0.3, 0.4) is 0 Å². The Kier molecular flexibility index (Phi) is 8.04. The lowest BCUT2D eigenvalue weighted by atomic mass is 9.83. The Morgan fingerprint density at radius 3 is 2.60 bits per heavy atom. The number of aromatic nitrogens is 3. The van der Waals surface area contributed by atoms with Crippen LogP contribution in [0.25, 0.3) is 0 Å². The van der Waals surface area contributed by atoms with Crippen LogP contribution < -0.4 is 0 Å². The molecule has 0 saturated heterocycles. The van der Waals surface area contributed by atoms with Gasteiger partial charge in [-0.15, -0.1) is 5.10 Å². The van der Waals surface area contributed by atoms with Gasteiger partial charge in [0.25, 0.3) is 0 Å². The first-order valence-electron chi connectivity index (χ1n) is 9.53. The lowest BCUT2D eigenvalue weighted by molar-refractivity contribution is -0.458. The Morgan fingerprint density at radius 1 is 1.20 bits per heavy atom. The standard InChI is InChI=1S/C18H31N5O2/c1-2-23(25)19-14-10-5-3-4-6-11-15-22-16-17(20-21-22)18(24)12-8-7-9-13-18/h2,16,24H,1,3-15H2. The largest absolute Gasteiger partial charge is 0.595 e. The van der Waals surface area contributed by atoms with Gasteiger partial charge in [0, 0.05) is 6.54 Å². The molecule has 0 aromatic carbocycles. The van der Waals surface area contributed by atoms with Crippen molar-refractivity contribution in [2.45, 2.75) is 82.8 Å². The van der Waals surface area contributed by atoms with E-state index in [0.717, 1.165) is 70.0 Å². The van der Waals surface area contributed by atoms with Gasteiger partial charge in [-0.05, 0) is 37.4 Å². The number of unbranched alkanes of at least 4 members (excludes halogenated alkanes) is 5. The van der Waals surface area contributed by atoms with Crippen LogP contribution in [0, 0.1) is 5.21 Å². The summed E-state index contributed by atoms with van der Waals surface area (Å²) in [6.07, 6.45) is 14.6. The van der Waals surface area contributed by atoms with E-state index in [1.165, 1.54) is 19.0 Å². The molecule has 25 heavy (non-hydrogen) atoms. The maximum atomic E-state index is 10.8. The van der Waals surface area contributed by atoms with E-state index in [0.29, 0.717) is 11.4 Å². The maximum Gasteiger partial charge on any atom is 0.202 e. The number of azo groups is 1. The van der Waals surface area contributed by atoms with Crippen molar-refractivity contribution in [3.05, 3.63) is 29.9 Å². The van der Waals surface area contributed by atoms with E-state index in [1.807, 2.05) is 10.9 Å². The van der Waals surface area contributed by atoms with Gasteiger partial charge in [-0.3, -0.25) is 4.68 Å². The first kappa shape index (κ1) is 19.6. The molecule has 0 atom stereocenters. The highest BCUT2D eigenvalue weighted by atomic mass is 16.5. The molecule has 1 aliphatic carbocycles. The van der Waals surface area contributed by atoms with Crippen LogP contribution in [-0.2, 0) is 12.1 Å². The van der Waals surface area contributed by atoms with E-state index in [-0.39, 0.29) is 0 Å². The number of aliphatic hydroxyl groups is 1. The van der Waals surface area contributed by atoms with Gasteiger partial charge in [-0.1, -0.05) is 55.0 Å². The average Bonchev–Trinajstić information content (AvgIpc) is 3.10. The molecule has 0 bridgehead atoms. The molecule has 1 aromatic heterocycles. The zero-order valence-corrected chi connectivity index (χ0v) is 15.1. The quantitative estimate of drug-likeness (QED) is 0.284. The first-order chi connectivity index (χ1) is 12.1. The van der Waals surface area contributed by atoms with E-state index < -0.39 is 5.60 Å². The summed E-state index contributed by atoms with van der Waals surface area (Å²) in [5, 5.41) is 33.7. The number of hydrogen-bond acceptors (Lipinski definition) is 5. The van der Waals surface area contributed by atoms with Crippen LogP contribution in [0.2, 0.25) is 0 Å². The second-order valence-corrected chi connectivity index (χ2v) is 6.93. The van der Waals surface area contributed by atoms with Gasteiger partial charge in [-0.25, -0.2) is 0 Å². The van der Waals surface area contributed by atoms with Crippen molar-refractivity contribution in [3.8, 4) is 0 Å². The zero-order chi connectivity index (χ0) is 18.0. The molecule has 2 rings (SSSR count). The molecule has 1 aliphatic rings. The van der Waals surface area contributed by atoms with Crippen molar-refractivity contribution in [1.29, 1.82) is 0 Å². The summed E-state index contributed by atoms with van der Waals surface area (Å²) in [4.78, 5) is 0.524. The predicted molar refractivity (Wildman–Crippen MR) is 95.8 cm³/mol. The van der Waals surface area contributed by atoms with Crippen LogP contribution in [0.15, 0.2) is 24.1 Å². The number of hydroxylamine groups is 1. The Balaban J connectivity index is 1.56. The molecular formula is C18H31N5O2. The van der Waals surface area contributed by atoms with Crippen molar-refractivity contribution in [2.75, 3.05) is 6.54 Å². The lowest BCUT2D eigenvalue weighted by Gasteiger charge is -2.29. The maximum absolute atomic E-state index is 10.8. The number of nitrogens with zero attached hydrogens (tertiary/aromatic N) is 5. The summed E-state index contributed by atoms with van der Waals surface area (Å²) in [6, 6.07) is 0. The molecule has 1 saturated carbocycles. The van der Waals surface area contributed by atoms with E-state index >= 15 is 0 Å². The molecular weight excluding hydrogens is 318 g/mol. The second-order valence-electron chi connectivity index (χ2n) is 6.93. The number of hydrogen-bond donors (Lipinski definition) is 1. The van der Waals surface area contributed by atoms with Gasteiger partial charge in [0.2, 0.25) is 6.20 Å². The fourth-order valence-corrected chi connectivity index (χ4v) is 3.33. The van der Waals surface area contributed by atoms with E-state index in [2.05, 4.69) is 22.0 Å². The summed E-state index contributed by atoms with van der Waals surface area (Å²) >= 11 is 0. The Morgan fingerprint density at radius 2 is 1.88 bits per heavy atom. The predicted octanol–water partition coefficient (Wildman–Crippen LogP) is 3.88. The highest BCUT2D eigenvalue weighted by Crippen LogP contribution is 2.35. The van der Waals surface area contributed by atoms with Gasteiger partial charge in [0.05, 0.1) is 6.20 Å². The van der Waals surface area contributed by atoms with Crippen molar-refractivity contribution in [3.63, 3.8) is 0 Å². The SMILES string of the molecule is C=C[N+]([O-])=NCCCCCCCCn1cc(C2(O)CCCCC2)nn1. The zero-order valence-electron chi connectivity index (χ0n) is 15.1. The third kappa shape index (κ3) is 6.57. The third-order valence-corrected chi connectivity index (χ3v) is 4.89. The molecule has 1 fully saturated rings. The molecule has 0 spiro atoms. The molecule has 1 heterocycles. The van der Waals surface area contributed by atoms with E-state index in [9.17, 15) is 10.3 Å². The Labute approximate surface area is 150 Å². The third-order valence-electron chi connectivity index (χ3n) is 4.89. The van der Waals surface area contributed by atoms with Crippen LogP contribution in [-0.4, -0.2) is 31.5 Å². The Bertz CT molecular complexity index is 549. The van der Waals surface area contributed by atoms with Crippen molar-refractivity contribution in [1.82, 2.24) is 15.0 Å².